The summed E-state index contributed by atoms with van der Waals surface area (Å²) in [5, 5.41) is 5.87. The maximum absolute atomic E-state index is 12.8. The second-order valence-corrected chi connectivity index (χ2v) is 7.14. The molecular formula is C20H17ClF3N5O2. The molecule has 2 aromatic rings. The van der Waals surface area contributed by atoms with Gasteiger partial charge in [0, 0.05) is 5.02 Å². The van der Waals surface area contributed by atoms with E-state index in [0.717, 1.165) is 5.56 Å². The predicted molar refractivity (Wildman–Crippen MR) is 108 cm³/mol. The third kappa shape index (κ3) is 4.92. The molecule has 0 saturated heterocycles. The Hall–Kier alpha value is -3.24. The normalized spacial score (nSPS) is 19.8. The Bertz CT molecular complexity index is 1080. The number of nitrogens with zero attached hydrogens (tertiary/aromatic N) is 2. The largest absolute Gasteiger partial charge is 0.411 e. The molecule has 31 heavy (non-hydrogen) atoms. The van der Waals surface area contributed by atoms with Gasteiger partial charge < -0.3 is 20.8 Å². The highest BCUT2D eigenvalue weighted by molar-refractivity contribution is 6.31. The molecule has 2 aliphatic heterocycles. The van der Waals surface area contributed by atoms with Gasteiger partial charge in [-0.25, -0.2) is 9.66 Å². The number of hydrogen-bond acceptors (Lipinski definition) is 5. The number of fused-ring (bicyclic) bond motifs is 1. The highest BCUT2D eigenvalue weighted by Gasteiger charge is 2.29. The number of hydrogen-bond donors (Lipinski definition) is 3. The number of nitrogens with one attached hydrogen (secondary N) is 3. The zero-order valence-corrected chi connectivity index (χ0v) is 16.6. The van der Waals surface area contributed by atoms with Crippen LogP contribution in [0, 0.1) is 0 Å². The minimum absolute atomic E-state index is 0.198. The molecule has 1 aromatic carbocycles. The number of halogens is 4. The zero-order chi connectivity index (χ0) is 22.0. The molecule has 162 valence electrons. The highest BCUT2D eigenvalue weighted by atomic mass is 35.5. The lowest BCUT2D eigenvalue weighted by molar-refractivity contribution is -0.182. The van der Waals surface area contributed by atoms with Crippen LogP contribution in [0.25, 0.3) is 6.08 Å². The third-order valence-corrected chi connectivity index (χ3v) is 4.83. The fourth-order valence-electron chi connectivity index (χ4n) is 3.09. The number of ether oxygens (including phenoxy) is 1. The minimum atomic E-state index is -4.45. The second-order valence-electron chi connectivity index (χ2n) is 6.73. The van der Waals surface area contributed by atoms with Crippen molar-refractivity contribution in [3.05, 3.63) is 82.7 Å². The van der Waals surface area contributed by atoms with Gasteiger partial charge in [0.25, 0.3) is 5.91 Å². The Morgan fingerprint density at radius 1 is 1.29 bits per heavy atom. The molecule has 3 N–H and O–H groups in total. The fourth-order valence-corrected chi connectivity index (χ4v) is 3.35. The molecule has 0 fully saturated rings. The van der Waals surface area contributed by atoms with E-state index in [4.69, 9.17) is 16.3 Å². The Kier molecular flexibility index (Phi) is 5.75. The number of carbonyl (C=O) groups excluding carboxylic acids is 1. The van der Waals surface area contributed by atoms with Crippen LogP contribution in [0.2, 0.25) is 5.02 Å². The first-order chi connectivity index (χ1) is 14.8. The van der Waals surface area contributed by atoms with Gasteiger partial charge >= 0.3 is 6.18 Å². The molecule has 0 aliphatic carbocycles. The summed E-state index contributed by atoms with van der Waals surface area (Å²) in [7, 11) is 0. The van der Waals surface area contributed by atoms with E-state index < -0.39 is 24.9 Å². The summed E-state index contributed by atoms with van der Waals surface area (Å²) >= 11 is 6.27. The fraction of sp³-hybridized carbons (Fsp3) is 0.200. The SMILES string of the molecule is O=C(NC1=CC=CC(OCC(F)(F)F)N1)c1cnc2n1NC(c1ccccc1Cl)C=C2. The van der Waals surface area contributed by atoms with Crippen LogP contribution in [0.3, 0.4) is 0 Å². The van der Waals surface area contributed by atoms with Gasteiger partial charge in [-0.05, 0) is 29.9 Å². The van der Waals surface area contributed by atoms with Gasteiger partial charge in [0.1, 0.15) is 24.3 Å². The number of dihydropyridines is 1. The standard InChI is InChI=1S/C20H17ClF3N5O2/c21-13-5-2-1-4-12(13)14-8-9-17-25-10-15(29(17)28-14)19(30)27-16-6-3-7-18(26-16)31-11-20(22,23)24/h1-10,14,18,26,28H,11H2,(H,27,30). The van der Waals surface area contributed by atoms with Gasteiger partial charge in [0.15, 0.2) is 5.82 Å². The second kappa shape index (κ2) is 8.48. The molecule has 11 heteroatoms. The quantitative estimate of drug-likeness (QED) is 0.648. The zero-order valence-electron chi connectivity index (χ0n) is 15.9. The molecule has 7 nitrogen and oxygen atoms in total. The van der Waals surface area contributed by atoms with Crippen molar-refractivity contribution in [3.63, 3.8) is 0 Å². The summed E-state index contributed by atoms with van der Waals surface area (Å²) in [6.07, 6.45) is 3.98. The van der Waals surface area contributed by atoms with E-state index in [2.05, 4.69) is 21.0 Å². The number of benzene rings is 1. The number of allylic oxidation sites excluding steroid dienone is 2. The van der Waals surface area contributed by atoms with E-state index >= 15 is 0 Å². The van der Waals surface area contributed by atoms with Crippen molar-refractivity contribution in [2.24, 2.45) is 0 Å². The Morgan fingerprint density at radius 2 is 2.10 bits per heavy atom. The van der Waals surface area contributed by atoms with Crippen LogP contribution >= 0.6 is 11.6 Å². The number of amides is 1. The van der Waals surface area contributed by atoms with Gasteiger partial charge in [0.05, 0.1) is 12.2 Å². The van der Waals surface area contributed by atoms with Crippen LogP contribution in [0.5, 0.6) is 0 Å². The average Bonchev–Trinajstić information content (AvgIpc) is 3.16. The smallest absolute Gasteiger partial charge is 0.345 e. The first-order valence-corrected chi connectivity index (χ1v) is 9.59. The van der Waals surface area contributed by atoms with E-state index in [1.165, 1.54) is 29.1 Å². The first kappa shape index (κ1) is 21.0. The molecule has 0 radical (unpaired) electrons. The van der Waals surface area contributed by atoms with Crippen molar-refractivity contribution >= 4 is 23.6 Å². The summed E-state index contributed by atoms with van der Waals surface area (Å²) in [5.41, 5.74) is 4.23. The van der Waals surface area contributed by atoms with Crippen LogP contribution in [-0.4, -0.2) is 34.6 Å². The lowest BCUT2D eigenvalue weighted by Crippen LogP contribution is -2.41. The molecule has 3 heterocycles. The molecule has 1 amide bonds. The van der Waals surface area contributed by atoms with Crippen molar-refractivity contribution in [1.29, 1.82) is 0 Å². The maximum Gasteiger partial charge on any atom is 0.411 e. The first-order valence-electron chi connectivity index (χ1n) is 9.22. The van der Waals surface area contributed by atoms with Crippen molar-refractivity contribution in [2.75, 3.05) is 12.0 Å². The van der Waals surface area contributed by atoms with Gasteiger partial charge in [-0.15, -0.1) is 0 Å². The Labute approximate surface area is 180 Å². The number of carbonyl (C=O) groups is 1. The van der Waals surface area contributed by atoms with Crippen LogP contribution in [0.15, 0.2) is 60.6 Å². The van der Waals surface area contributed by atoms with Crippen LogP contribution in [0.4, 0.5) is 13.2 Å². The van der Waals surface area contributed by atoms with Crippen molar-refractivity contribution in [1.82, 2.24) is 20.3 Å². The Morgan fingerprint density at radius 3 is 2.87 bits per heavy atom. The van der Waals surface area contributed by atoms with Gasteiger partial charge in [-0.1, -0.05) is 42.0 Å². The average molecular weight is 452 g/mol. The van der Waals surface area contributed by atoms with Crippen molar-refractivity contribution < 1.29 is 22.7 Å². The van der Waals surface area contributed by atoms with E-state index in [-0.39, 0.29) is 17.6 Å². The van der Waals surface area contributed by atoms with E-state index in [0.29, 0.717) is 10.8 Å². The molecular weight excluding hydrogens is 435 g/mol. The molecule has 2 aliphatic rings. The molecule has 0 bridgehead atoms. The lowest BCUT2D eigenvalue weighted by Gasteiger charge is -2.25. The van der Waals surface area contributed by atoms with Crippen LogP contribution in [-0.2, 0) is 4.74 Å². The summed E-state index contributed by atoms with van der Waals surface area (Å²) in [5.74, 6) is 0.206. The van der Waals surface area contributed by atoms with Crippen molar-refractivity contribution in [3.8, 4) is 0 Å². The lowest BCUT2D eigenvalue weighted by atomic mass is 10.1. The number of alkyl halides is 3. The topological polar surface area (TPSA) is 80.2 Å². The van der Waals surface area contributed by atoms with Gasteiger partial charge in [0.2, 0.25) is 0 Å². The summed E-state index contributed by atoms with van der Waals surface area (Å²) in [6, 6.07) is 7.05. The molecule has 0 saturated carbocycles. The number of aromatic nitrogens is 2. The summed E-state index contributed by atoms with van der Waals surface area (Å²) in [6.45, 7) is -1.41. The van der Waals surface area contributed by atoms with Crippen LogP contribution < -0.4 is 16.1 Å². The van der Waals surface area contributed by atoms with E-state index in [1.54, 1.807) is 12.1 Å². The van der Waals surface area contributed by atoms with Gasteiger partial charge in [-0.3, -0.25) is 4.79 Å². The molecule has 2 unspecified atom stereocenters. The van der Waals surface area contributed by atoms with Gasteiger partial charge in [-0.2, -0.15) is 13.2 Å². The maximum atomic E-state index is 12.8. The van der Waals surface area contributed by atoms with E-state index in [1.807, 2.05) is 24.3 Å². The Balaban J connectivity index is 1.44. The third-order valence-electron chi connectivity index (χ3n) is 4.49. The molecule has 1 aromatic heterocycles. The summed E-state index contributed by atoms with van der Waals surface area (Å²) < 4.78 is 43.3. The van der Waals surface area contributed by atoms with Crippen LogP contribution in [0.1, 0.15) is 27.9 Å². The summed E-state index contributed by atoms with van der Waals surface area (Å²) in [4.78, 5) is 17.0. The predicted octanol–water partition coefficient (Wildman–Crippen LogP) is 3.48. The number of imidazole rings is 1. The molecule has 0 spiro atoms. The van der Waals surface area contributed by atoms with E-state index in [9.17, 15) is 18.0 Å². The highest BCUT2D eigenvalue weighted by Crippen LogP contribution is 2.28. The molecule has 2 atom stereocenters. The minimum Gasteiger partial charge on any atom is -0.345 e. The molecule has 4 rings (SSSR count). The number of rotatable bonds is 5. The van der Waals surface area contributed by atoms with Crippen molar-refractivity contribution in [2.45, 2.75) is 18.4 Å². The monoisotopic (exact) mass is 451 g/mol.